The number of ketones is 1. The number of carbonyl (C=O) groups is 1. The highest BCUT2D eigenvalue weighted by molar-refractivity contribution is 5.77. The van der Waals surface area contributed by atoms with Gasteiger partial charge in [0, 0.05) is 11.8 Å². The molecule has 0 aromatic heterocycles. The van der Waals surface area contributed by atoms with Crippen molar-refractivity contribution in [1.82, 2.24) is 0 Å². The number of halogens is 3. The van der Waals surface area contributed by atoms with E-state index in [0.717, 1.165) is 12.5 Å². The second kappa shape index (κ2) is 4.41. The lowest BCUT2D eigenvalue weighted by Gasteiger charge is -2.43. The normalized spacial score (nSPS) is 18.2. The molecule has 0 unspecified atom stereocenters. The molecule has 0 heterocycles. The fraction of sp³-hybridized carbons (Fsp3) is 0.500. The van der Waals surface area contributed by atoms with Gasteiger partial charge in [-0.15, -0.1) is 0 Å². The molecule has 1 aliphatic rings. The summed E-state index contributed by atoms with van der Waals surface area (Å²) >= 11 is 0. The van der Waals surface area contributed by atoms with E-state index in [0.29, 0.717) is 18.4 Å². The van der Waals surface area contributed by atoms with Gasteiger partial charge in [0.1, 0.15) is 5.78 Å². The van der Waals surface area contributed by atoms with Gasteiger partial charge in [0.05, 0.1) is 5.56 Å². The fourth-order valence-electron chi connectivity index (χ4n) is 2.81. The minimum atomic E-state index is -4.35. The quantitative estimate of drug-likeness (QED) is 0.795. The Morgan fingerprint density at radius 3 is 2.33 bits per heavy atom. The van der Waals surface area contributed by atoms with Gasteiger partial charge in [0.2, 0.25) is 0 Å². The first-order chi connectivity index (χ1) is 8.35. The molecule has 1 aromatic carbocycles. The van der Waals surface area contributed by atoms with Crippen molar-refractivity contribution in [2.24, 2.45) is 0 Å². The molecule has 0 bridgehead atoms. The third-order valence-corrected chi connectivity index (χ3v) is 3.70. The third-order valence-electron chi connectivity index (χ3n) is 3.70. The van der Waals surface area contributed by atoms with Crippen molar-refractivity contribution in [1.29, 1.82) is 0 Å². The summed E-state index contributed by atoms with van der Waals surface area (Å²) in [6.45, 7) is 1.44. The Balaban J connectivity index is 2.46. The Morgan fingerprint density at radius 1 is 1.28 bits per heavy atom. The van der Waals surface area contributed by atoms with Gasteiger partial charge >= 0.3 is 6.18 Å². The third kappa shape index (κ3) is 2.28. The molecule has 98 valence electrons. The first kappa shape index (κ1) is 13.1. The second-order valence-corrected chi connectivity index (χ2v) is 5.06. The molecule has 1 aromatic rings. The van der Waals surface area contributed by atoms with Crippen molar-refractivity contribution in [3.8, 4) is 0 Å². The minimum Gasteiger partial charge on any atom is -0.300 e. The highest BCUT2D eigenvalue weighted by Crippen LogP contribution is 2.50. The average molecular weight is 256 g/mol. The fourth-order valence-corrected chi connectivity index (χ4v) is 2.81. The molecule has 0 N–H and O–H groups in total. The van der Waals surface area contributed by atoms with Gasteiger partial charge < -0.3 is 0 Å². The zero-order chi connectivity index (χ0) is 13.4. The van der Waals surface area contributed by atoms with Crippen molar-refractivity contribution < 1.29 is 18.0 Å². The lowest BCUT2D eigenvalue weighted by Crippen LogP contribution is -2.38. The Hall–Kier alpha value is -1.32. The predicted octanol–water partition coefficient (Wildman–Crippen LogP) is 4.11. The second-order valence-electron chi connectivity index (χ2n) is 5.06. The van der Waals surface area contributed by atoms with E-state index in [1.54, 1.807) is 6.07 Å². The number of carbonyl (C=O) groups excluding carboxylic acids is 1. The number of benzene rings is 1. The van der Waals surface area contributed by atoms with Crippen molar-refractivity contribution in [2.45, 2.75) is 44.2 Å². The summed E-state index contributed by atoms with van der Waals surface area (Å²) in [5.74, 6) is -0.0494. The van der Waals surface area contributed by atoms with Gasteiger partial charge in [-0.25, -0.2) is 0 Å². The number of Topliss-reactive ketones (excluding diaryl/α,β-unsaturated/α-hetero) is 1. The van der Waals surface area contributed by atoms with Crippen LogP contribution in [0, 0.1) is 0 Å². The van der Waals surface area contributed by atoms with Crippen LogP contribution in [0.4, 0.5) is 13.2 Å². The van der Waals surface area contributed by atoms with Gasteiger partial charge in [0.25, 0.3) is 0 Å². The number of rotatable bonds is 3. The van der Waals surface area contributed by atoms with Crippen LogP contribution >= 0.6 is 0 Å². The van der Waals surface area contributed by atoms with Crippen molar-refractivity contribution >= 4 is 5.78 Å². The van der Waals surface area contributed by atoms with Gasteiger partial charge in [-0.1, -0.05) is 24.6 Å². The van der Waals surface area contributed by atoms with Crippen LogP contribution in [0.25, 0.3) is 0 Å². The van der Waals surface area contributed by atoms with Crippen LogP contribution in [0.2, 0.25) is 0 Å². The molecule has 1 saturated carbocycles. The van der Waals surface area contributed by atoms with E-state index < -0.39 is 17.2 Å². The molecule has 0 atom stereocenters. The zero-order valence-electron chi connectivity index (χ0n) is 10.2. The maximum atomic E-state index is 13.0. The molecule has 2 rings (SSSR count). The maximum Gasteiger partial charge on any atom is 0.416 e. The van der Waals surface area contributed by atoms with E-state index >= 15 is 0 Å². The standard InChI is InChI=1S/C14H15F3O/c1-10(18)9-13(7-4-8-13)11-5-2-3-6-12(11)14(15,16)17/h2-3,5-6H,4,7-9H2,1H3. The molecule has 1 aliphatic carbocycles. The molecular weight excluding hydrogens is 241 g/mol. The van der Waals surface area contributed by atoms with Crippen LogP contribution in [0.15, 0.2) is 24.3 Å². The van der Waals surface area contributed by atoms with Crippen LogP contribution in [0.5, 0.6) is 0 Å². The molecule has 0 radical (unpaired) electrons. The summed E-state index contributed by atoms with van der Waals surface area (Å²) in [6.07, 6.45) is -1.92. The Morgan fingerprint density at radius 2 is 1.89 bits per heavy atom. The minimum absolute atomic E-state index is 0.0494. The summed E-state index contributed by atoms with van der Waals surface area (Å²) in [4.78, 5) is 11.3. The van der Waals surface area contributed by atoms with Crippen LogP contribution in [-0.2, 0) is 16.4 Å². The van der Waals surface area contributed by atoms with E-state index in [4.69, 9.17) is 0 Å². The summed E-state index contributed by atoms with van der Waals surface area (Å²) in [5.41, 5.74) is -0.886. The summed E-state index contributed by atoms with van der Waals surface area (Å²) in [5, 5.41) is 0. The zero-order valence-corrected chi connectivity index (χ0v) is 10.2. The van der Waals surface area contributed by atoms with E-state index in [-0.39, 0.29) is 12.2 Å². The van der Waals surface area contributed by atoms with E-state index in [2.05, 4.69) is 0 Å². The van der Waals surface area contributed by atoms with Crippen LogP contribution in [0.1, 0.15) is 43.7 Å². The van der Waals surface area contributed by atoms with Crippen LogP contribution in [-0.4, -0.2) is 5.78 Å². The SMILES string of the molecule is CC(=O)CC1(c2ccccc2C(F)(F)F)CCC1. The molecule has 1 nitrogen and oxygen atoms in total. The lowest BCUT2D eigenvalue weighted by atomic mass is 9.61. The van der Waals surface area contributed by atoms with Crippen LogP contribution in [0.3, 0.4) is 0 Å². The van der Waals surface area contributed by atoms with E-state index in [9.17, 15) is 18.0 Å². The first-order valence-corrected chi connectivity index (χ1v) is 6.01. The Bertz CT molecular complexity index is 458. The largest absolute Gasteiger partial charge is 0.416 e. The van der Waals surface area contributed by atoms with Gasteiger partial charge in [-0.05, 0) is 31.4 Å². The van der Waals surface area contributed by atoms with Crippen molar-refractivity contribution in [3.63, 3.8) is 0 Å². The highest BCUT2D eigenvalue weighted by atomic mass is 19.4. The smallest absolute Gasteiger partial charge is 0.300 e. The summed E-state index contributed by atoms with van der Waals surface area (Å²) in [6, 6.07) is 5.64. The van der Waals surface area contributed by atoms with Crippen LogP contribution < -0.4 is 0 Å². The Kier molecular flexibility index (Phi) is 3.21. The monoisotopic (exact) mass is 256 g/mol. The van der Waals surface area contributed by atoms with Gasteiger partial charge in [-0.2, -0.15) is 13.2 Å². The topological polar surface area (TPSA) is 17.1 Å². The Labute approximate surface area is 104 Å². The molecule has 4 heteroatoms. The van der Waals surface area contributed by atoms with Crippen molar-refractivity contribution in [3.05, 3.63) is 35.4 Å². The average Bonchev–Trinajstić information content (AvgIpc) is 2.22. The number of alkyl halides is 3. The maximum absolute atomic E-state index is 13.0. The van der Waals surface area contributed by atoms with Gasteiger partial charge in [-0.3, -0.25) is 4.79 Å². The molecule has 0 saturated heterocycles. The van der Waals surface area contributed by atoms with E-state index in [1.165, 1.54) is 19.1 Å². The highest BCUT2D eigenvalue weighted by Gasteiger charge is 2.45. The molecule has 1 fully saturated rings. The molecule has 18 heavy (non-hydrogen) atoms. The molecule has 0 amide bonds. The molecule has 0 aliphatic heterocycles. The van der Waals surface area contributed by atoms with E-state index in [1.807, 2.05) is 0 Å². The van der Waals surface area contributed by atoms with Crippen molar-refractivity contribution in [2.75, 3.05) is 0 Å². The van der Waals surface area contributed by atoms with Gasteiger partial charge in [0.15, 0.2) is 0 Å². The summed E-state index contributed by atoms with van der Waals surface area (Å²) < 4.78 is 39.0. The first-order valence-electron chi connectivity index (χ1n) is 6.01. The molecular formula is C14H15F3O. The number of hydrogen-bond acceptors (Lipinski definition) is 1. The number of hydrogen-bond donors (Lipinski definition) is 0. The molecule has 0 spiro atoms. The lowest BCUT2D eigenvalue weighted by molar-refractivity contribution is -0.139. The predicted molar refractivity (Wildman–Crippen MR) is 62.3 cm³/mol. The summed E-state index contributed by atoms with van der Waals surface area (Å²) in [7, 11) is 0.